The number of aromatic amines is 1. The molecule has 0 unspecified atom stereocenters. The van der Waals surface area contributed by atoms with Crippen molar-refractivity contribution in [3.63, 3.8) is 0 Å². The molecule has 0 saturated carbocycles. The van der Waals surface area contributed by atoms with Gasteiger partial charge < -0.3 is 19.2 Å². The fourth-order valence-electron chi connectivity index (χ4n) is 2.69. The van der Waals surface area contributed by atoms with Gasteiger partial charge in [-0.15, -0.1) is 0 Å². The highest BCUT2D eigenvalue weighted by molar-refractivity contribution is 5.80. The van der Waals surface area contributed by atoms with Crippen molar-refractivity contribution in [2.24, 2.45) is 0 Å². The van der Waals surface area contributed by atoms with E-state index in [0.717, 1.165) is 17.5 Å². The van der Waals surface area contributed by atoms with Gasteiger partial charge in [-0.05, 0) is 53.3 Å². The van der Waals surface area contributed by atoms with Gasteiger partial charge in [0.25, 0.3) is 0 Å². The monoisotopic (exact) mass is 297 g/mol. The summed E-state index contributed by atoms with van der Waals surface area (Å²) in [6.07, 6.45) is 2.76. The van der Waals surface area contributed by atoms with Crippen LogP contribution in [0.1, 0.15) is 11.1 Å². The van der Waals surface area contributed by atoms with Crippen molar-refractivity contribution in [2.75, 3.05) is 21.3 Å². The largest absolute Gasteiger partial charge is 0.493 e. The molecule has 3 aromatic rings. The van der Waals surface area contributed by atoms with Gasteiger partial charge in [-0.2, -0.15) is 0 Å². The van der Waals surface area contributed by atoms with E-state index in [0.29, 0.717) is 17.2 Å². The van der Waals surface area contributed by atoms with Crippen LogP contribution in [0.2, 0.25) is 0 Å². The second-order valence-electron chi connectivity index (χ2n) is 5.11. The molecule has 3 rings (SSSR count). The Bertz CT molecular complexity index is 767. The van der Waals surface area contributed by atoms with Gasteiger partial charge in [-0.1, -0.05) is 6.07 Å². The summed E-state index contributed by atoms with van der Waals surface area (Å²) in [5, 5.41) is 1.21. The highest BCUT2D eigenvalue weighted by atomic mass is 16.5. The summed E-state index contributed by atoms with van der Waals surface area (Å²) in [4.78, 5) is 3.21. The Morgan fingerprint density at radius 2 is 1.55 bits per heavy atom. The maximum absolute atomic E-state index is 5.40. The fourth-order valence-corrected chi connectivity index (χ4v) is 2.69. The lowest BCUT2D eigenvalue weighted by atomic mass is 10.0. The maximum Gasteiger partial charge on any atom is 0.203 e. The molecule has 1 aromatic heterocycles. The molecule has 22 heavy (non-hydrogen) atoms. The minimum atomic E-state index is 0.620. The molecule has 0 atom stereocenters. The van der Waals surface area contributed by atoms with Crippen molar-refractivity contribution in [2.45, 2.75) is 6.42 Å². The quantitative estimate of drug-likeness (QED) is 0.779. The summed E-state index contributed by atoms with van der Waals surface area (Å²) in [5.41, 5.74) is 3.50. The van der Waals surface area contributed by atoms with Gasteiger partial charge in [0, 0.05) is 11.7 Å². The highest BCUT2D eigenvalue weighted by Crippen LogP contribution is 2.38. The molecule has 2 aromatic carbocycles. The lowest BCUT2D eigenvalue weighted by Gasteiger charge is -2.14. The molecule has 4 nitrogen and oxygen atoms in total. The van der Waals surface area contributed by atoms with E-state index < -0.39 is 0 Å². The van der Waals surface area contributed by atoms with Crippen LogP contribution in [0.4, 0.5) is 0 Å². The normalized spacial score (nSPS) is 10.7. The summed E-state index contributed by atoms with van der Waals surface area (Å²) < 4.78 is 16.2. The van der Waals surface area contributed by atoms with Crippen LogP contribution in [-0.2, 0) is 6.42 Å². The van der Waals surface area contributed by atoms with E-state index in [1.807, 2.05) is 18.3 Å². The molecular weight excluding hydrogens is 278 g/mol. The fraction of sp³-hybridized carbons (Fsp3) is 0.222. The molecule has 1 heterocycles. The lowest BCUT2D eigenvalue weighted by Crippen LogP contribution is -1.97. The summed E-state index contributed by atoms with van der Waals surface area (Å²) >= 11 is 0. The van der Waals surface area contributed by atoms with Gasteiger partial charge in [0.15, 0.2) is 11.5 Å². The molecule has 1 N–H and O–H groups in total. The minimum absolute atomic E-state index is 0.620. The molecule has 4 heteroatoms. The van der Waals surface area contributed by atoms with Crippen molar-refractivity contribution in [3.8, 4) is 17.2 Å². The Kier molecular flexibility index (Phi) is 3.92. The number of nitrogens with one attached hydrogen (secondary N) is 1. The minimum Gasteiger partial charge on any atom is -0.493 e. The Morgan fingerprint density at radius 1 is 0.818 bits per heavy atom. The van der Waals surface area contributed by atoms with Crippen molar-refractivity contribution in [3.05, 3.63) is 53.7 Å². The predicted molar refractivity (Wildman–Crippen MR) is 87.2 cm³/mol. The maximum atomic E-state index is 5.40. The molecule has 0 amide bonds. The van der Waals surface area contributed by atoms with Gasteiger partial charge in [0.2, 0.25) is 5.75 Å². The molecule has 0 spiro atoms. The van der Waals surface area contributed by atoms with Crippen LogP contribution in [0.5, 0.6) is 17.2 Å². The van der Waals surface area contributed by atoms with Gasteiger partial charge in [-0.3, -0.25) is 0 Å². The highest BCUT2D eigenvalue weighted by Gasteiger charge is 2.13. The number of aromatic nitrogens is 1. The third-order valence-corrected chi connectivity index (χ3v) is 3.75. The van der Waals surface area contributed by atoms with Crippen LogP contribution >= 0.6 is 0 Å². The summed E-state index contributed by atoms with van der Waals surface area (Å²) in [6, 6.07) is 12.5. The first-order valence-corrected chi connectivity index (χ1v) is 7.10. The molecule has 0 bridgehead atoms. The Balaban J connectivity index is 1.97. The number of hydrogen-bond acceptors (Lipinski definition) is 3. The number of rotatable bonds is 5. The average Bonchev–Trinajstić information content (AvgIpc) is 3.01. The van der Waals surface area contributed by atoms with E-state index in [2.05, 4.69) is 29.2 Å². The zero-order valence-corrected chi connectivity index (χ0v) is 13.0. The lowest BCUT2D eigenvalue weighted by molar-refractivity contribution is 0.324. The zero-order valence-electron chi connectivity index (χ0n) is 13.0. The molecule has 0 fully saturated rings. The van der Waals surface area contributed by atoms with Crippen molar-refractivity contribution >= 4 is 10.9 Å². The number of benzene rings is 2. The molecule has 0 saturated heterocycles. The van der Waals surface area contributed by atoms with Crippen molar-refractivity contribution < 1.29 is 14.2 Å². The molecular formula is C18H19NO3. The first-order valence-electron chi connectivity index (χ1n) is 7.10. The van der Waals surface area contributed by atoms with Crippen LogP contribution in [-0.4, -0.2) is 26.3 Å². The number of ether oxygens (including phenoxy) is 3. The molecule has 0 aliphatic rings. The van der Waals surface area contributed by atoms with E-state index in [1.54, 1.807) is 21.3 Å². The summed E-state index contributed by atoms with van der Waals surface area (Å²) in [7, 11) is 4.87. The molecule has 114 valence electrons. The van der Waals surface area contributed by atoms with E-state index in [1.165, 1.54) is 10.9 Å². The smallest absolute Gasteiger partial charge is 0.203 e. The first kappa shape index (κ1) is 14.3. The van der Waals surface area contributed by atoms with Gasteiger partial charge >= 0.3 is 0 Å². The van der Waals surface area contributed by atoms with Crippen LogP contribution < -0.4 is 14.2 Å². The Morgan fingerprint density at radius 3 is 2.18 bits per heavy atom. The van der Waals surface area contributed by atoms with Crippen molar-refractivity contribution in [1.82, 2.24) is 4.98 Å². The Labute approximate surface area is 129 Å². The van der Waals surface area contributed by atoms with E-state index >= 15 is 0 Å². The standard InChI is InChI=1S/C18H19NO3/c1-20-16-10-13(11-17(21-2)18(16)22-3)8-12-4-5-15-14(9-12)6-7-19-15/h4-7,9-11,19H,8H2,1-3H3. The number of hydrogen-bond donors (Lipinski definition) is 1. The molecule has 0 aliphatic carbocycles. The van der Waals surface area contributed by atoms with Gasteiger partial charge in [0.1, 0.15) is 0 Å². The number of fused-ring (bicyclic) bond motifs is 1. The third-order valence-electron chi connectivity index (χ3n) is 3.75. The summed E-state index contributed by atoms with van der Waals surface area (Å²) in [5.74, 6) is 1.98. The zero-order chi connectivity index (χ0) is 15.5. The van der Waals surface area contributed by atoms with Crippen LogP contribution in [0.3, 0.4) is 0 Å². The van der Waals surface area contributed by atoms with E-state index in [4.69, 9.17) is 14.2 Å². The second kappa shape index (κ2) is 6.02. The van der Waals surface area contributed by atoms with Gasteiger partial charge in [0.05, 0.1) is 21.3 Å². The van der Waals surface area contributed by atoms with Crippen LogP contribution in [0.15, 0.2) is 42.6 Å². The van der Waals surface area contributed by atoms with E-state index in [-0.39, 0.29) is 0 Å². The first-order chi connectivity index (χ1) is 10.7. The second-order valence-corrected chi connectivity index (χ2v) is 5.11. The summed E-state index contributed by atoms with van der Waals surface area (Å²) in [6.45, 7) is 0. The molecule has 0 aliphatic heterocycles. The van der Waals surface area contributed by atoms with Crippen LogP contribution in [0.25, 0.3) is 10.9 Å². The molecule has 0 radical (unpaired) electrons. The predicted octanol–water partition coefficient (Wildman–Crippen LogP) is 3.78. The van der Waals surface area contributed by atoms with Crippen molar-refractivity contribution in [1.29, 1.82) is 0 Å². The topological polar surface area (TPSA) is 43.5 Å². The average molecular weight is 297 g/mol. The number of H-pyrrole nitrogens is 1. The third kappa shape index (κ3) is 2.60. The van der Waals surface area contributed by atoms with Gasteiger partial charge in [-0.25, -0.2) is 0 Å². The van der Waals surface area contributed by atoms with E-state index in [9.17, 15) is 0 Å². The SMILES string of the molecule is COc1cc(Cc2ccc3[nH]ccc3c2)cc(OC)c1OC. The Hall–Kier alpha value is -2.62. The van der Waals surface area contributed by atoms with Crippen LogP contribution in [0, 0.1) is 0 Å². The number of methoxy groups -OCH3 is 3.